The van der Waals surface area contributed by atoms with Crippen LogP contribution in [0.5, 0.6) is 0 Å². The van der Waals surface area contributed by atoms with Gasteiger partial charge in [0.05, 0.1) is 22.5 Å². The van der Waals surface area contributed by atoms with E-state index in [-0.39, 0.29) is 11.4 Å². The van der Waals surface area contributed by atoms with Gasteiger partial charge in [0.1, 0.15) is 10.7 Å². The van der Waals surface area contributed by atoms with Crippen LogP contribution in [0.4, 0.5) is 17.1 Å². The lowest BCUT2D eigenvalue weighted by Gasteiger charge is -2.17. The molecule has 9 heteroatoms. The quantitative estimate of drug-likeness (QED) is 0.621. The molecule has 0 aliphatic heterocycles. The van der Waals surface area contributed by atoms with Crippen LogP contribution in [0.15, 0.2) is 23.6 Å². The first-order chi connectivity index (χ1) is 9.88. The first-order valence-corrected chi connectivity index (χ1v) is 6.81. The Balaban J connectivity index is 2.33. The third kappa shape index (κ3) is 3.31. The van der Waals surface area contributed by atoms with Crippen LogP contribution in [0.2, 0.25) is 0 Å². The maximum atomic E-state index is 11.1. The lowest BCUT2D eigenvalue weighted by Crippen LogP contribution is -2.17. The molecule has 0 unspecified atom stereocenters. The number of rotatable bonds is 5. The number of nitrogens with zero attached hydrogens (tertiary/aromatic N) is 4. The van der Waals surface area contributed by atoms with Gasteiger partial charge in [0.25, 0.3) is 11.4 Å². The summed E-state index contributed by atoms with van der Waals surface area (Å²) in [6.45, 7) is 2.27. The number of aromatic nitrogens is 1. The van der Waals surface area contributed by atoms with Crippen molar-refractivity contribution >= 4 is 28.4 Å². The molecule has 0 N–H and O–H groups in total. The first kappa shape index (κ1) is 14.9. The number of benzene rings is 1. The first-order valence-electron chi connectivity index (χ1n) is 5.93. The van der Waals surface area contributed by atoms with Crippen LogP contribution in [0.25, 0.3) is 0 Å². The fourth-order valence-electron chi connectivity index (χ4n) is 1.86. The fraction of sp³-hybridized carbons (Fsp3) is 0.250. The molecular weight excluding hydrogens is 296 g/mol. The van der Waals surface area contributed by atoms with Crippen molar-refractivity contribution in [2.75, 3.05) is 11.9 Å². The zero-order valence-electron chi connectivity index (χ0n) is 11.3. The van der Waals surface area contributed by atoms with Crippen LogP contribution >= 0.6 is 11.3 Å². The number of thiazole rings is 1. The average molecular weight is 308 g/mol. The van der Waals surface area contributed by atoms with Gasteiger partial charge in [-0.1, -0.05) is 0 Å². The van der Waals surface area contributed by atoms with E-state index >= 15 is 0 Å². The maximum absolute atomic E-state index is 11.1. The third-order valence-electron chi connectivity index (χ3n) is 2.82. The van der Waals surface area contributed by atoms with E-state index < -0.39 is 9.85 Å². The van der Waals surface area contributed by atoms with E-state index in [1.807, 2.05) is 12.3 Å². The van der Waals surface area contributed by atoms with Gasteiger partial charge < -0.3 is 4.90 Å². The van der Waals surface area contributed by atoms with E-state index in [1.165, 1.54) is 23.5 Å². The Morgan fingerprint density at radius 2 is 2.00 bits per heavy atom. The van der Waals surface area contributed by atoms with Crippen LogP contribution in [-0.4, -0.2) is 21.9 Å². The van der Waals surface area contributed by atoms with E-state index in [4.69, 9.17) is 0 Å². The highest BCUT2D eigenvalue weighted by Gasteiger charge is 2.22. The van der Waals surface area contributed by atoms with Crippen LogP contribution in [-0.2, 0) is 6.54 Å². The van der Waals surface area contributed by atoms with Crippen molar-refractivity contribution < 1.29 is 9.85 Å². The number of hydrogen-bond acceptors (Lipinski definition) is 7. The van der Waals surface area contributed by atoms with Gasteiger partial charge in [-0.25, -0.2) is 4.98 Å². The number of aryl methyl sites for hydroxylation is 1. The molecule has 0 amide bonds. The largest absolute Gasteiger partial charge is 0.362 e. The smallest absolute Gasteiger partial charge is 0.299 e. The highest BCUT2D eigenvalue weighted by molar-refractivity contribution is 7.09. The van der Waals surface area contributed by atoms with Gasteiger partial charge in [-0.15, -0.1) is 11.3 Å². The molecule has 1 aromatic heterocycles. The Hall–Kier alpha value is -2.55. The Kier molecular flexibility index (Phi) is 4.13. The van der Waals surface area contributed by atoms with E-state index in [9.17, 15) is 20.2 Å². The number of nitro groups is 2. The van der Waals surface area contributed by atoms with Crippen LogP contribution in [0, 0.1) is 27.2 Å². The van der Waals surface area contributed by atoms with Crippen LogP contribution in [0.3, 0.4) is 0 Å². The number of hydrogen-bond donors (Lipinski definition) is 0. The lowest BCUT2D eigenvalue weighted by molar-refractivity contribution is -0.393. The Morgan fingerprint density at radius 3 is 2.52 bits per heavy atom. The molecule has 0 aliphatic carbocycles. The second-order valence-corrected chi connectivity index (χ2v) is 5.37. The van der Waals surface area contributed by atoms with Crippen molar-refractivity contribution in [3.05, 3.63) is 54.5 Å². The molecule has 0 atom stereocenters. The molecule has 0 saturated carbocycles. The molecule has 0 spiro atoms. The number of nitro benzene ring substituents is 2. The van der Waals surface area contributed by atoms with E-state index in [0.717, 1.165) is 16.8 Å². The summed E-state index contributed by atoms with van der Waals surface area (Å²) < 4.78 is 0. The summed E-state index contributed by atoms with van der Waals surface area (Å²) in [4.78, 5) is 26.5. The van der Waals surface area contributed by atoms with Gasteiger partial charge in [0.2, 0.25) is 0 Å². The van der Waals surface area contributed by atoms with Gasteiger partial charge in [-0.3, -0.25) is 20.2 Å². The van der Waals surface area contributed by atoms with Crippen molar-refractivity contribution in [1.82, 2.24) is 4.98 Å². The zero-order chi connectivity index (χ0) is 15.6. The summed E-state index contributed by atoms with van der Waals surface area (Å²) in [6.07, 6.45) is 0. The van der Waals surface area contributed by atoms with Gasteiger partial charge in [0.15, 0.2) is 0 Å². The van der Waals surface area contributed by atoms with Gasteiger partial charge in [-0.05, 0) is 13.0 Å². The molecule has 2 aromatic rings. The summed E-state index contributed by atoms with van der Waals surface area (Å²) in [5, 5.41) is 24.5. The summed E-state index contributed by atoms with van der Waals surface area (Å²) in [5.74, 6) is 0. The minimum Gasteiger partial charge on any atom is -0.362 e. The zero-order valence-corrected chi connectivity index (χ0v) is 12.2. The molecule has 0 bridgehead atoms. The molecule has 1 aromatic carbocycles. The monoisotopic (exact) mass is 308 g/mol. The van der Waals surface area contributed by atoms with Crippen molar-refractivity contribution in [2.24, 2.45) is 0 Å². The summed E-state index contributed by atoms with van der Waals surface area (Å²) in [6, 6.07) is 3.61. The minimum atomic E-state index is -0.652. The number of non-ortho nitro benzene ring substituents is 1. The molecule has 0 fully saturated rings. The normalized spacial score (nSPS) is 10.4. The predicted molar refractivity (Wildman–Crippen MR) is 78.7 cm³/mol. The second-order valence-electron chi connectivity index (χ2n) is 4.43. The second kappa shape index (κ2) is 5.83. The maximum Gasteiger partial charge on any atom is 0.299 e. The van der Waals surface area contributed by atoms with E-state index in [1.54, 1.807) is 11.9 Å². The van der Waals surface area contributed by atoms with E-state index in [0.29, 0.717) is 12.2 Å². The van der Waals surface area contributed by atoms with Crippen LogP contribution in [0.1, 0.15) is 10.7 Å². The molecular formula is C12H12N4O4S. The average Bonchev–Trinajstić information content (AvgIpc) is 2.83. The van der Waals surface area contributed by atoms with Crippen molar-refractivity contribution in [2.45, 2.75) is 13.5 Å². The van der Waals surface area contributed by atoms with Crippen molar-refractivity contribution in [1.29, 1.82) is 0 Å². The highest BCUT2D eigenvalue weighted by atomic mass is 32.1. The molecule has 0 aliphatic rings. The topological polar surface area (TPSA) is 102 Å². The van der Waals surface area contributed by atoms with Crippen LogP contribution < -0.4 is 4.90 Å². The Morgan fingerprint density at radius 1 is 1.29 bits per heavy atom. The Bertz CT molecular complexity index is 700. The minimum absolute atomic E-state index is 0.292. The fourth-order valence-corrected chi connectivity index (χ4v) is 2.68. The van der Waals surface area contributed by atoms with Gasteiger partial charge in [0, 0.05) is 24.2 Å². The molecule has 21 heavy (non-hydrogen) atoms. The SMILES string of the molecule is Cc1csc(CN(C)c2ccc([N+](=O)[O-])cc2[N+](=O)[O-])n1. The summed E-state index contributed by atoms with van der Waals surface area (Å²) in [5.41, 5.74) is 0.615. The molecule has 0 saturated heterocycles. The third-order valence-corrected chi connectivity index (χ3v) is 3.77. The van der Waals surface area contributed by atoms with Crippen molar-refractivity contribution in [3.63, 3.8) is 0 Å². The van der Waals surface area contributed by atoms with Gasteiger partial charge in [-0.2, -0.15) is 0 Å². The molecule has 1 heterocycles. The number of anilines is 1. The molecule has 0 radical (unpaired) electrons. The summed E-state index contributed by atoms with van der Waals surface area (Å²) >= 11 is 1.46. The molecule has 8 nitrogen and oxygen atoms in total. The Labute approximate surface area is 124 Å². The highest BCUT2D eigenvalue weighted by Crippen LogP contribution is 2.32. The lowest BCUT2D eigenvalue weighted by atomic mass is 10.2. The molecule has 110 valence electrons. The van der Waals surface area contributed by atoms with E-state index in [2.05, 4.69) is 4.98 Å². The summed E-state index contributed by atoms with van der Waals surface area (Å²) in [7, 11) is 1.69. The predicted octanol–water partition coefficient (Wildman–Crippen LogP) is 2.90. The van der Waals surface area contributed by atoms with Crippen molar-refractivity contribution in [3.8, 4) is 0 Å². The van der Waals surface area contributed by atoms with Gasteiger partial charge >= 0.3 is 0 Å². The molecule has 2 rings (SSSR count). The standard InChI is InChI=1S/C12H12N4O4S/c1-8-7-21-12(13-8)6-14(2)10-4-3-9(15(17)18)5-11(10)16(19)20/h3-5,7H,6H2,1-2H3.